The van der Waals surface area contributed by atoms with E-state index in [2.05, 4.69) is 25.2 Å². The number of hydrogen-bond acceptors (Lipinski definition) is 2. The Morgan fingerprint density at radius 2 is 2.40 bits per heavy atom. The van der Waals surface area contributed by atoms with Crippen molar-refractivity contribution in [3.63, 3.8) is 0 Å². The number of nitrogens with one attached hydrogen (secondary N) is 1. The highest BCUT2D eigenvalue weighted by atomic mass is 16.5. The van der Waals surface area contributed by atoms with E-state index in [0.717, 1.165) is 26.2 Å². The van der Waals surface area contributed by atoms with Crippen LogP contribution in [0.2, 0.25) is 0 Å². The van der Waals surface area contributed by atoms with Crippen molar-refractivity contribution in [2.24, 2.45) is 5.41 Å². The standard InChI is InChI=1S/C13H23NO/c1-13(2)7-3-6-12(13)14-9-11-5-4-8-15-10-11/h5,12,14H,3-4,6-10H2,1-2H3. The van der Waals surface area contributed by atoms with E-state index < -0.39 is 0 Å². The average Bonchev–Trinajstić information content (AvgIpc) is 2.56. The second-order valence-corrected chi connectivity index (χ2v) is 5.52. The predicted molar refractivity (Wildman–Crippen MR) is 62.9 cm³/mol. The van der Waals surface area contributed by atoms with Crippen LogP contribution in [-0.2, 0) is 4.74 Å². The van der Waals surface area contributed by atoms with Crippen molar-refractivity contribution in [3.8, 4) is 0 Å². The van der Waals surface area contributed by atoms with Gasteiger partial charge in [0.05, 0.1) is 13.2 Å². The first-order valence-corrected chi connectivity index (χ1v) is 6.17. The van der Waals surface area contributed by atoms with Crippen LogP contribution in [0.1, 0.15) is 39.5 Å². The Balaban J connectivity index is 1.80. The Bertz CT molecular complexity index is 245. The molecule has 1 atom stereocenters. The topological polar surface area (TPSA) is 21.3 Å². The van der Waals surface area contributed by atoms with Gasteiger partial charge in [0.25, 0.3) is 0 Å². The van der Waals surface area contributed by atoms with Crippen LogP contribution in [0.4, 0.5) is 0 Å². The van der Waals surface area contributed by atoms with Gasteiger partial charge in [0.1, 0.15) is 0 Å². The lowest BCUT2D eigenvalue weighted by atomic mass is 9.87. The first kappa shape index (κ1) is 11.2. The van der Waals surface area contributed by atoms with E-state index in [0.29, 0.717) is 11.5 Å². The van der Waals surface area contributed by atoms with E-state index >= 15 is 0 Å². The average molecular weight is 209 g/mol. The maximum Gasteiger partial charge on any atom is 0.0689 e. The smallest absolute Gasteiger partial charge is 0.0689 e. The van der Waals surface area contributed by atoms with Crippen molar-refractivity contribution in [1.82, 2.24) is 5.32 Å². The molecule has 0 aromatic heterocycles. The molecule has 1 unspecified atom stereocenters. The molecule has 2 nitrogen and oxygen atoms in total. The van der Waals surface area contributed by atoms with Crippen LogP contribution in [0.3, 0.4) is 0 Å². The molecule has 15 heavy (non-hydrogen) atoms. The molecule has 0 aromatic rings. The van der Waals surface area contributed by atoms with Crippen molar-refractivity contribution in [1.29, 1.82) is 0 Å². The quantitative estimate of drug-likeness (QED) is 0.721. The molecule has 0 saturated heterocycles. The number of rotatable bonds is 3. The van der Waals surface area contributed by atoms with E-state index in [-0.39, 0.29) is 0 Å². The van der Waals surface area contributed by atoms with Crippen LogP contribution in [-0.4, -0.2) is 25.8 Å². The van der Waals surface area contributed by atoms with E-state index in [1.807, 2.05) is 0 Å². The van der Waals surface area contributed by atoms with Crippen molar-refractivity contribution >= 4 is 0 Å². The Hall–Kier alpha value is -0.340. The summed E-state index contributed by atoms with van der Waals surface area (Å²) in [6.07, 6.45) is 7.49. The van der Waals surface area contributed by atoms with Crippen LogP contribution in [0, 0.1) is 5.41 Å². The first-order valence-electron chi connectivity index (χ1n) is 6.17. The lowest BCUT2D eigenvalue weighted by Gasteiger charge is -2.28. The fourth-order valence-electron chi connectivity index (χ4n) is 2.69. The molecule has 0 bridgehead atoms. The van der Waals surface area contributed by atoms with Gasteiger partial charge in [-0.25, -0.2) is 0 Å². The molecule has 2 rings (SSSR count). The van der Waals surface area contributed by atoms with Crippen molar-refractivity contribution in [3.05, 3.63) is 11.6 Å². The van der Waals surface area contributed by atoms with Crippen molar-refractivity contribution in [2.45, 2.75) is 45.6 Å². The molecule has 0 radical (unpaired) electrons. The minimum Gasteiger partial charge on any atom is -0.377 e. The minimum atomic E-state index is 0.482. The third kappa shape index (κ3) is 2.82. The Morgan fingerprint density at radius 3 is 3.00 bits per heavy atom. The van der Waals surface area contributed by atoms with E-state index in [1.165, 1.54) is 24.8 Å². The van der Waals surface area contributed by atoms with Gasteiger partial charge < -0.3 is 10.1 Å². The SMILES string of the molecule is CC1(C)CCCC1NCC1=CCCOC1. The summed E-state index contributed by atoms with van der Waals surface area (Å²) >= 11 is 0. The molecule has 1 heterocycles. The maximum atomic E-state index is 5.44. The monoisotopic (exact) mass is 209 g/mol. The number of hydrogen-bond donors (Lipinski definition) is 1. The minimum absolute atomic E-state index is 0.482. The lowest BCUT2D eigenvalue weighted by molar-refractivity contribution is 0.147. The Labute approximate surface area is 93.1 Å². The highest BCUT2D eigenvalue weighted by Gasteiger charge is 2.33. The molecule has 0 spiro atoms. The fraction of sp³-hybridized carbons (Fsp3) is 0.846. The highest BCUT2D eigenvalue weighted by Crippen LogP contribution is 2.37. The summed E-state index contributed by atoms with van der Waals surface area (Å²) in [5, 5.41) is 3.69. The molecule has 1 aliphatic carbocycles. The van der Waals surface area contributed by atoms with E-state index in [1.54, 1.807) is 0 Å². The molecule has 0 amide bonds. The molecule has 2 aliphatic rings. The predicted octanol–water partition coefficient (Wildman–Crippen LogP) is 2.50. The molecular formula is C13H23NO. The van der Waals surface area contributed by atoms with E-state index in [9.17, 15) is 0 Å². The summed E-state index contributed by atoms with van der Waals surface area (Å²) in [7, 11) is 0. The Kier molecular flexibility index (Phi) is 3.47. The first-order chi connectivity index (χ1) is 7.18. The second kappa shape index (κ2) is 4.67. The third-order valence-corrected chi connectivity index (χ3v) is 3.82. The van der Waals surface area contributed by atoms with Gasteiger partial charge in [0.2, 0.25) is 0 Å². The molecule has 2 heteroatoms. The van der Waals surface area contributed by atoms with Crippen LogP contribution < -0.4 is 5.32 Å². The van der Waals surface area contributed by atoms with Crippen LogP contribution in [0.15, 0.2) is 11.6 Å². The molecule has 86 valence electrons. The van der Waals surface area contributed by atoms with E-state index in [4.69, 9.17) is 4.74 Å². The van der Waals surface area contributed by atoms with Crippen LogP contribution >= 0.6 is 0 Å². The van der Waals surface area contributed by atoms with Crippen LogP contribution in [0.5, 0.6) is 0 Å². The van der Waals surface area contributed by atoms with Gasteiger partial charge in [-0.1, -0.05) is 26.3 Å². The molecular weight excluding hydrogens is 186 g/mol. The second-order valence-electron chi connectivity index (χ2n) is 5.52. The van der Waals surface area contributed by atoms with Gasteiger partial charge in [-0.3, -0.25) is 0 Å². The molecule has 1 fully saturated rings. The summed E-state index contributed by atoms with van der Waals surface area (Å²) in [6, 6.07) is 0.695. The summed E-state index contributed by atoms with van der Waals surface area (Å²) in [5.41, 5.74) is 1.92. The summed E-state index contributed by atoms with van der Waals surface area (Å²) in [6.45, 7) is 7.51. The van der Waals surface area contributed by atoms with Gasteiger partial charge in [0, 0.05) is 12.6 Å². The number of ether oxygens (including phenoxy) is 1. The largest absolute Gasteiger partial charge is 0.377 e. The molecule has 1 N–H and O–H groups in total. The summed E-state index contributed by atoms with van der Waals surface area (Å²) in [5.74, 6) is 0. The van der Waals surface area contributed by atoms with Crippen molar-refractivity contribution < 1.29 is 4.74 Å². The summed E-state index contributed by atoms with van der Waals surface area (Å²) < 4.78 is 5.44. The molecule has 1 aliphatic heterocycles. The van der Waals surface area contributed by atoms with Gasteiger partial charge in [-0.05, 0) is 30.3 Å². The van der Waals surface area contributed by atoms with Gasteiger partial charge in [-0.15, -0.1) is 0 Å². The zero-order valence-corrected chi connectivity index (χ0v) is 10.0. The van der Waals surface area contributed by atoms with Gasteiger partial charge >= 0.3 is 0 Å². The zero-order valence-electron chi connectivity index (χ0n) is 10.0. The maximum absolute atomic E-state index is 5.44. The van der Waals surface area contributed by atoms with Crippen molar-refractivity contribution in [2.75, 3.05) is 19.8 Å². The third-order valence-electron chi connectivity index (χ3n) is 3.82. The van der Waals surface area contributed by atoms with Crippen LogP contribution in [0.25, 0.3) is 0 Å². The van der Waals surface area contributed by atoms with Gasteiger partial charge in [0.15, 0.2) is 0 Å². The Morgan fingerprint density at radius 1 is 1.53 bits per heavy atom. The fourth-order valence-corrected chi connectivity index (χ4v) is 2.69. The summed E-state index contributed by atoms with van der Waals surface area (Å²) in [4.78, 5) is 0. The molecule has 1 saturated carbocycles. The normalized spacial score (nSPS) is 30.3. The zero-order chi connectivity index (χ0) is 10.7. The lowest BCUT2D eigenvalue weighted by Crippen LogP contribution is -2.39. The van der Waals surface area contributed by atoms with Gasteiger partial charge in [-0.2, -0.15) is 0 Å². The molecule has 0 aromatic carbocycles. The highest BCUT2D eigenvalue weighted by molar-refractivity contribution is 5.08.